The highest BCUT2D eigenvalue weighted by molar-refractivity contribution is 7.99. The molecular weight excluding hydrogens is 327 g/mol. The number of likely N-dealkylation sites (tertiary alicyclic amines) is 1. The molecule has 1 aliphatic heterocycles. The number of benzene rings is 1. The van der Waals surface area contributed by atoms with Gasteiger partial charge in [-0.1, -0.05) is 11.6 Å². The predicted molar refractivity (Wildman–Crippen MR) is 92.4 cm³/mol. The van der Waals surface area contributed by atoms with Crippen molar-refractivity contribution in [3.8, 4) is 0 Å². The first-order chi connectivity index (χ1) is 9.70. The third-order valence-electron chi connectivity index (χ3n) is 3.59. The molecule has 3 nitrogen and oxygen atoms in total. The van der Waals surface area contributed by atoms with Crippen LogP contribution in [0.5, 0.6) is 0 Å². The SMILES string of the molecule is Cl.NCC1CCCN1C(=O)CCCSc1ccc(Cl)cc1. The van der Waals surface area contributed by atoms with Crippen molar-refractivity contribution in [1.82, 2.24) is 4.90 Å². The van der Waals surface area contributed by atoms with Gasteiger partial charge in [0.2, 0.25) is 5.91 Å². The fourth-order valence-corrected chi connectivity index (χ4v) is 3.48. The zero-order valence-electron chi connectivity index (χ0n) is 12.0. The van der Waals surface area contributed by atoms with Crippen molar-refractivity contribution < 1.29 is 4.79 Å². The van der Waals surface area contributed by atoms with Gasteiger partial charge in [0, 0.05) is 35.5 Å². The molecule has 2 N–H and O–H groups in total. The van der Waals surface area contributed by atoms with Gasteiger partial charge in [0.1, 0.15) is 0 Å². The summed E-state index contributed by atoms with van der Waals surface area (Å²) in [5, 5.41) is 0.756. The first kappa shape index (κ1) is 18.6. The van der Waals surface area contributed by atoms with Crippen molar-refractivity contribution in [2.75, 3.05) is 18.8 Å². The Bertz CT molecular complexity index is 442. The highest BCUT2D eigenvalue weighted by atomic mass is 35.5. The molecular formula is C15H22Cl2N2OS. The summed E-state index contributed by atoms with van der Waals surface area (Å²) in [7, 11) is 0. The summed E-state index contributed by atoms with van der Waals surface area (Å²) in [5.41, 5.74) is 5.70. The molecule has 2 rings (SSSR count). The van der Waals surface area contributed by atoms with Crippen LogP contribution in [0.2, 0.25) is 5.02 Å². The molecule has 21 heavy (non-hydrogen) atoms. The zero-order chi connectivity index (χ0) is 14.4. The highest BCUT2D eigenvalue weighted by Gasteiger charge is 2.26. The van der Waals surface area contributed by atoms with Crippen LogP contribution in [0.1, 0.15) is 25.7 Å². The lowest BCUT2D eigenvalue weighted by Crippen LogP contribution is -2.39. The number of halogens is 2. The Morgan fingerprint density at radius 2 is 2.10 bits per heavy atom. The monoisotopic (exact) mass is 348 g/mol. The summed E-state index contributed by atoms with van der Waals surface area (Å²) in [5.74, 6) is 1.21. The summed E-state index contributed by atoms with van der Waals surface area (Å²) in [6, 6.07) is 8.09. The lowest BCUT2D eigenvalue weighted by Gasteiger charge is -2.23. The molecule has 1 amide bonds. The topological polar surface area (TPSA) is 46.3 Å². The number of rotatable bonds is 6. The van der Waals surface area contributed by atoms with Gasteiger partial charge in [-0.15, -0.1) is 24.2 Å². The van der Waals surface area contributed by atoms with Crippen LogP contribution in [0, 0.1) is 0 Å². The molecule has 1 heterocycles. The molecule has 0 bridgehead atoms. The van der Waals surface area contributed by atoms with Crippen molar-refractivity contribution in [2.45, 2.75) is 36.6 Å². The van der Waals surface area contributed by atoms with Gasteiger partial charge in [-0.25, -0.2) is 0 Å². The fraction of sp³-hybridized carbons (Fsp3) is 0.533. The molecule has 1 saturated heterocycles. The maximum atomic E-state index is 12.1. The second-order valence-corrected chi connectivity index (χ2v) is 6.63. The molecule has 1 aromatic carbocycles. The fourth-order valence-electron chi connectivity index (χ4n) is 2.50. The summed E-state index contributed by atoms with van der Waals surface area (Å²) in [6.07, 6.45) is 3.67. The van der Waals surface area contributed by atoms with E-state index in [-0.39, 0.29) is 24.4 Å². The average molecular weight is 349 g/mol. The van der Waals surface area contributed by atoms with Crippen LogP contribution in [0.3, 0.4) is 0 Å². The largest absolute Gasteiger partial charge is 0.338 e. The number of amides is 1. The van der Waals surface area contributed by atoms with E-state index in [9.17, 15) is 4.79 Å². The number of hydrogen-bond acceptors (Lipinski definition) is 3. The summed E-state index contributed by atoms with van der Waals surface area (Å²) < 4.78 is 0. The van der Waals surface area contributed by atoms with Crippen molar-refractivity contribution in [1.29, 1.82) is 0 Å². The molecule has 1 atom stereocenters. The molecule has 1 aliphatic rings. The Morgan fingerprint density at radius 1 is 1.38 bits per heavy atom. The highest BCUT2D eigenvalue weighted by Crippen LogP contribution is 2.22. The third kappa shape index (κ3) is 5.70. The van der Waals surface area contributed by atoms with Crippen LogP contribution in [0.15, 0.2) is 29.2 Å². The lowest BCUT2D eigenvalue weighted by molar-refractivity contribution is -0.131. The maximum absolute atomic E-state index is 12.1. The number of nitrogens with two attached hydrogens (primary N) is 1. The number of nitrogens with zero attached hydrogens (tertiary/aromatic N) is 1. The van der Waals surface area contributed by atoms with Gasteiger partial charge in [0.05, 0.1) is 0 Å². The van der Waals surface area contributed by atoms with E-state index < -0.39 is 0 Å². The minimum atomic E-state index is 0. The Balaban J connectivity index is 0.00000220. The van der Waals surface area contributed by atoms with E-state index in [2.05, 4.69) is 0 Å². The van der Waals surface area contributed by atoms with E-state index >= 15 is 0 Å². The lowest BCUT2D eigenvalue weighted by atomic mass is 10.2. The molecule has 0 spiro atoms. The van der Waals surface area contributed by atoms with Crippen LogP contribution in [-0.2, 0) is 4.79 Å². The van der Waals surface area contributed by atoms with E-state index in [1.54, 1.807) is 11.8 Å². The van der Waals surface area contributed by atoms with E-state index in [1.807, 2.05) is 29.2 Å². The van der Waals surface area contributed by atoms with Crippen molar-refractivity contribution in [3.63, 3.8) is 0 Å². The Hall–Kier alpha value is -0.420. The molecule has 1 unspecified atom stereocenters. The predicted octanol–water partition coefficient (Wildman–Crippen LogP) is 3.58. The van der Waals surface area contributed by atoms with Gasteiger partial charge < -0.3 is 10.6 Å². The van der Waals surface area contributed by atoms with Crippen LogP contribution in [-0.4, -0.2) is 35.7 Å². The second-order valence-electron chi connectivity index (χ2n) is 5.02. The summed E-state index contributed by atoms with van der Waals surface area (Å²) >= 11 is 7.61. The number of hydrogen-bond donors (Lipinski definition) is 1. The minimum Gasteiger partial charge on any atom is -0.338 e. The van der Waals surface area contributed by atoms with Gasteiger partial charge >= 0.3 is 0 Å². The molecule has 0 saturated carbocycles. The van der Waals surface area contributed by atoms with Gasteiger partial charge in [-0.2, -0.15) is 0 Å². The van der Waals surface area contributed by atoms with E-state index in [0.717, 1.165) is 36.6 Å². The first-order valence-corrected chi connectivity index (χ1v) is 8.45. The second kappa shape index (κ2) is 9.57. The van der Waals surface area contributed by atoms with E-state index in [0.29, 0.717) is 13.0 Å². The molecule has 0 radical (unpaired) electrons. The van der Waals surface area contributed by atoms with Gasteiger partial charge in [0.25, 0.3) is 0 Å². The summed E-state index contributed by atoms with van der Waals surface area (Å²) in [6.45, 7) is 1.47. The molecule has 118 valence electrons. The van der Waals surface area contributed by atoms with Crippen LogP contribution < -0.4 is 5.73 Å². The van der Waals surface area contributed by atoms with Gasteiger partial charge in [-0.3, -0.25) is 4.79 Å². The zero-order valence-corrected chi connectivity index (χ0v) is 14.4. The third-order valence-corrected chi connectivity index (χ3v) is 4.94. The van der Waals surface area contributed by atoms with Crippen molar-refractivity contribution in [2.24, 2.45) is 5.73 Å². The molecule has 1 aromatic rings. The Kier molecular flexibility index (Phi) is 8.49. The van der Waals surface area contributed by atoms with E-state index in [4.69, 9.17) is 17.3 Å². The number of carbonyl (C=O) groups excluding carboxylic acids is 1. The maximum Gasteiger partial charge on any atom is 0.222 e. The Morgan fingerprint density at radius 3 is 2.76 bits per heavy atom. The number of carbonyl (C=O) groups is 1. The minimum absolute atomic E-state index is 0. The Labute approximate surface area is 142 Å². The smallest absolute Gasteiger partial charge is 0.222 e. The molecule has 6 heteroatoms. The normalized spacial score (nSPS) is 17.6. The van der Waals surface area contributed by atoms with Crippen molar-refractivity contribution in [3.05, 3.63) is 29.3 Å². The quantitative estimate of drug-likeness (QED) is 0.631. The molecule has 0 aliphatic carbocycles. The van der Waals surface area contributed by atoms with E-state index in [1.165, 1.54) is 4.90 Å². The molecule has 1 fully saturated rings. The first-order valence-electron chi connectivity index (χ1n) is 7.08. The average Bonchev–Trinajstić information content (AvgIpc) is 2.94. The van der Waals surface area contributed by atoms with Crippen molar-refractivity contribution >= 4 is 41.7 Å². The number of thioether (sulfide) groups is 1. The standard InChI is InChI=1S/C15H21ClN2OS.ClH/c16-12-5-7-14(8-6-12)20-10-2-4-15(19)18-9-1-3-13(18)11-17;/h5-8,13H,1-4,9-11,17H2;1H. The van der Waals surface area contributed by atoms with Crippen LogP contribution in [0.25, 0.3) is 0 Å². The summed E-state index contributed by atoms with van der Waals surface area (Å²) in [4.78, 5) is 15.3. The van der Waals surface area contributed by atoms with Gasteiger partial charge in [-0.05, 0) is 49.3 Å². The van der Waals surface area contributed by atoms with Crippen LogP contribution in [0.4, 0.5) is 0 Å². The molecule has 0 aromatic heterocycles. The van der Waals surface area contributed by atoms with Crippen LogP contribution >= 0.6 is 35.8 Å². The van der Waals surface area contributed by atoms with Gasteiger partial charge in [0.15, 0.2) is 0 Å².